The molecule has 0 amide bonds. The van der Waals surface area contributed by atoms with Gasteiger partial charge in [-0.3, -0.25) is 0 Å². The zero-order valence-electron chi connectivity index (χ0n) is 73.7. The molecule has 2 saturated carbocycles. The summed E-state index contributed by atoms with van der Waals surface area (Å²) in [6.07, 6.45) is 24.6. The first-order valence-corrected chi connectivity index (χ1v) is 43.2. The van der Waals surface area contributed by atoms with Crippen LogP contribution in [0.2, 0.25) is 0 Å². The lowest BCUT2D eigenvalue weighted by Crippen LogP contribution is -2.34. The first-order valence-electron chi connectivity index (χ1n) is 43.2. The van der Waals surface area contributed by atoms with Crippen LogP contribution in [0.1, 0.15) is 264 Å². The second kappa shape index (κ2) is 31.2. The van der Waals surface area contributed by atoms with E-state index in [1.807, 2.05) is 0 Å². The van der Waals surface area contributed by atoms with E-state index in [0.717, 1.165) is 25.7 Å². The fourth-order valence-electron chi connectivity index (χ4n) is 20.8. The SMILES string of the molecule is Cc1cc(-c2c(C)cc(C3CCC4(CC3)CCC(C)(C)CC4)c3c2Cc2ccccc2-3)[n+](C)cc1C.Cc1cc(-c2c(C)ccc3c2Cc2c-3cccc2C(C)C)[n+](C)cc1C.Cc1cc(-c2c(C)ccc3c2Cc2cc(C(C)C)ccc2-3)[n+](C)cc1C.Cc1cc(-c2c(C)ccc3c2Cc2ccc(C(C)C)cc2-3)[n+](C)cc1C. The number of pyridine rings is 4. The Kier molecular flexibility index (Phi) is 21.8. The Labute approximate surface area is 685 Å². The Balaban J connectivity index is 0.000000121. The Morgan fingerprint density at radius 1 is 0.289 bits per heavy atom. The zero-order chi connectivity index (χ0) is 81.0. The van der Waals surface area contributed by atoms with Crippen molar-refractivity contribution >= 4 is 0 Å². The number of aryl methyl sites for hydroxylation is 16. The summed E-state index contributed by atoms with van der Waals surface area (Å²) >= 11 is 0. The van der Waals surface area contributed by atoms with E-state index in [9.17, 15) is 0 Å². The van der Waals surface area contributed by atoms with Gasteiger partial charge >= 0.3 is 0 Å². The lowest BCUT2D eigenvalue weighted by molar-refractivity contribution is -0.660. The number of benzene rings is 8. The number of aromatic nitrogens is 4. The number of nitrogens with zero attached hydrogens (tertiary/aromatic N) is 4. The molecule has 0 aliphatic heterocycles. The minimum absolute atomic E-state index is 0.557. The van der Waals surface area contributed by atoms with E-state index in [1.165, 1.54) is 258 Å². The van der Waals surface area contributed by atoms with E-state index < -0.39 is 0 Å². The van der Waals surface area contributed by atoms with Crippen LogP contribution >= 0.6 is 0 Å². The van der Waals surface area contributed by atoms with Gasteiger partial charge in [0.1, 0.15) is 28.2 Å². The Bertz CT molecular complexity index is 5810. The molecule has 114 heavy (non-hydrogen) atoms. The van der Waals surface area contributed by atoms with Crippen LogP contribution in [-0.4, -0.2) is 0 Å². The van der Waals surface area contributed by atoms with Crippen LogP contribution in [0, 0.1) is 93.9 Å². The summed E-state index contributed by atoms with van der Waals surface area (Å²) < 4.78 is 9.21. The molecular formula is C110H128N4+4. The Morgan fingerprint density at radius 2 is 0.684 bits per heavy atom. The van der Waals surface area contributed by atoms with Crippen molar-refractivity contribution in [3.05, 3.63) is 304 Å². The summed E-state index contributed by atoms with van der Waals surface area (Å²) in [5.74, 6) is 2.39. The van der Waals surface area contributed by atoms with Crippen LogP contribution in [0.3, 0.4) is 0 Å². The van der Waals surface area contributed by atoms with Gasteiger partial charge < -0.3 is 0 Å². The molecule has 0 saturated heterocycles. The van der Waals surface area contributed by atoms with Gasteiger partial charge in [-0.05, 0) is 350 Å². The molecule has 2 fully saturated rings. The monoisotopic (exact) mass is 1510 g/mol. The average molecular weight is 1510 g/mol. The smallest absolute Gasteiger partial charge is 0.201 e. The normalized spacial score (nSPS) is 14.9. The Morgan fingerprint density at radius 3 is 1.18 bits per heavy atom. The van der Waals surface area contributed by atoms with Gasteiger partial charge in [0.05, 0.1) is 22.3 Å². The molecule has 584 valence electrons. The first-order chi connectivity index (χ1) is 54.3. The quantitative estimate of drug-likeness (QED) is 0.135. The highest BCUT2D eigenvalue weighted by Gasteiger charge is 2.43. The predicted molar refractivity (Wildman–Crippen MR) is 480 cm³/mol. The maximum Gasteiger partial charge on any atom is 0.213 e. The highest BCUT2D eigenvalue weighted by molar-refractivity contribution is 5.90. The summed E-state index contributed by atoms with van der Waals surface area (Å²) in [6, 6.07) is 56.0. The molecule has 4 aromatic heterocycles. The highest BCUT2D eigenvalue weighted by atomic mass is 14.9. The average Bonchev–Trinajstić information content (AvgIpc) is 1.14. The molecule has 4 heterocycles. The van der Waals surface area contributed by atoms with Gasteiger partial charge in [-0.25, -0.2) is 18.3 Å². The van der Waals surface area contributed by atoms with Gasteiger partial charge in [0.2, 0.25) is 22.8 Å². The molecule has 0 atom stereocenters. The second-order valence-corrected chi connectivity index (χ2v) is 37.9. The molecule has 18 rings (SSSR count). The molecule has 6 aliphatic carbocycles. The molecular weight excluding hydrogens is 1380 g/mol. The molecule has 0 radical (unpaired) electrons. The lowest BCUT2D eigenvalue weighted by Gasteiger charge is -2.47. The predicted octanol–water partition coefficient (Wildman–Crippen LogP) is 26.3. The molecule has 6 aliphatic rings. The summed E-state index contributed by atoms with van der Waals surface area (Å²) in [7, 11) is 8.72. The molecule has 0 unspecified atom stereocenters. The van der Waals surface area contributed by atoms with E-state index in [-0.39, 0.29) is 0 Å². The largest absolute Gasteiger partial charge is 0.213 e. The first kappa shape index (κ1) is 79.6. The Hall–Kier alpha value is -9.64. The van der Waals surface area contributed by atoms with Crippen molar-refractivity contribution in [1.29, 1.82) is 0 Å². The van der Waals surface area contributed by atoms with Crippen molar-refractivity contribution in [1.82, 2.24) is 0 Å². The molecule has 0 bridgehead atoms. The van der Waals surface area contributed by atoms with Gasteiger partial charge in [-0.2, -0.15) is 0 Å². The van der Waals surface area contributed by atoms with Gasteiger partial charge in [0.15, 0.2) is 24.8 Å². The molecule has 8 aromatic carbocycles. The van der Waals surface area contributed by atoms with Gasteiger partial charge in [-0.15, -0.1) is 0 Å². The summed E-state index contributed by atoms with van der Waals surface area (Å²) in [6.45, 7) is 45.4. The third kappa shape index (κ3) is 14.8. The van der Waals surface area contributed by atoms with Gasteiger partial charge in [-0.1, -0.05) is 177 Å². The summed E-state index contributed by atoms with van der Waals surface area (Å²) in [5, 5.41) is 0. The van der Waals surface area contributed by atoms with Gasteiger partial charge in [0.25, 0.3) is 0 Å². The fourth-order valence-corrected chi connectivity index (χ4v) is 20.8. The van der Waals surface area contributed by atoms with Crippen LogP contribution in [0.15, 0.2) is 170 Å². The molecule has 4 nitrogen and oxygen atoms in total. The van der Waals surface area contributed by atoms with E-state index in [0.29, 0.717) is 34.5 Å². The lowest BCUT2D eigenvalue weighted by atomic mass is 9.58. The van der Waals surface area contributed by atoms with Crippen LogP contribution < -0.4 is 18.3 Å². The topological polar surface area (TPSA) is 15.5 Å². The number of hydrogen-bond donors (Lipinski definition) is 0. The van der Waals surface area contributed by atoms with E-state index in [2.05, 4.69) is 355 Å². The third-order valence-electron chi connectivity index (χ3n) is 28.4. The minimum Gasteiger partial charge on any atom is -0.201 e. The van der Waals surface area contributed by atoms with Crippen molar-refractivity contribution < 1.29 is 18.3 Å². The molecule has 12 aromatic rings. The number of fused-ring (bicyclic) bond motifs is 12. The molecule has 0 N–H and O–H groups in total. The van der Waals surface area contributed by atoms with Crippen LogP contribution in [0.4, 0.5) is 0 Å². The van der Waals surface area contributed by atoms with E-state index in [4.69, 9.17) is 0 Å². The standard InChI is InChI=1S/C35H44N.3C25H28N/c1-23-20-31(36(6)22-25(23)3)32-24(2)19-29(33-28-10-8-7-9-27(28)21-30(32)33)26-11-13-35(14-12-26)17-15-34(4,5)16-18-35;1-15(2)19-8-9-20-13-23-21(22(20)12-19)10-7-16(3)25(23)24-11-17(4)18(5)14-26(24)6;1-15(2)19-8-10-21-20(12-19)13-23-22(21)9-7-16(3)25(23)24-11-17(4)18(5)14-26(24)6;1-15(2)19-8-7-9-20-21-11-10-16(3)25(23(21)13-22(19)20)24-12-17(4)18(5)14-26(24)6/h7-10,19-20,22,26H,11-18,21H2,1-6H3;3*7-12,14-15H,13H2,1-6H3/q4*+1. The summed E-state index contributed by atoms with van der Waals surface area (Å²) in [5.41, 5.74) is 58.2. The van der Waals surface area contributed by atoms with Crippen molar-refractivity contribution in [2.75, 3.05) is 0 Å². The van der Waals surface area contributed by atoms with Crippen LogP contribution in [-0.2, 0) is 53.9 Å². The van der Waals surface area contributed by atoms with E-state index in [1.54, 1.807) is 16.7 Å². The van der Waals surface area contributed by atoms with Crippen molar-refractivity contribution in [3.8, 4) is 89.5 Å². The van der Waals surface area contributed by atoms with Crippen LogP contribution in [0.25, 0.3) is 89.5 Å². The summed E-state index contributed by atoms with van der Waals surface area (Å²) in [4.78, 5) is 0. The third-order valence-corrected chi connectivity index (χ3v) is 28.4. The maximum absolute atomic E-state index is 2.60. The maximum atomic E-state index is 2.60. The fraction of sp³-hybridized carbons (Fsp3) is 0.382. The highest BCUT2D eigenvalue weighted by Crippen LogP contribution is 2.58. The van der Waals surface area contributed by atoms with Crippen LogP contribution in [0.5, 0.6) is 0 Å². The number of rotatable bonds is 8. The molecule has 4 heteroatoms. The van der Waals surface area contributed by atoms with Gasteiger partial charge in [0, 0.05) is 46.5 Å². The van der Waals surface area contributed by atoms with E-state index >= 15 is 0 Å². The molecule has 1 spiro atoms. The van der Waals surface area contributed by atoms with Crippen molar-refractivity contribution in [2.24, 2.45) is 39.0 Å². The number of hydrogen-bond acceptors (Lipinski definition) is 0. The minimum atomic E-state index is 0.557. The van der Waals surface area contributed by atoms with Crippen molar-refractivity contribution in [2.45, 2.75) is 239 Å². The van der Waals surface area contributed by atoms with Crippen molar-refractivity contribution in [3.63, 3.8) is 0 Å². The zero-order valence-corrected chi connectivity index (χ0v) is 73.7. The second-order valence-electron chi connectivity index (χ2n) is 37.9.